The van der Waals surface area contributed by atoms with E-state index in [4.69, 9.17) is 0 Å². The summed E-state index contributed by atoms with van der Waals surface area (Å²) in [6.45, 7) is 4.16. The quantitative estimate of drug-likeness (QED) is 0.0470. The molecule has 0 saturated heterocycles. The van der Waals surface area contributed by atoms with E-state index < -0.39 is 12.1 Å². The standard InChI is InChI=1S/C43H77NO3/c1-3-5-7-9-11-13-15-17-19-20-21-22-23-24-25-27-29-31-33-35-37-39-43(47)44-41(40-45)42(46)38-36-34-32-30-28-26-18-16-14-12-10-8-6-4-2/h5,7,11,13-14,16,28,30,36,38,41-42,45-46H,3-4,6,8-10,12,15,17-27,29,31-35,37,39-40H2,1-2H3,(H,44,47)/b7-5-,13-11-,16-14+,30-28+,38-36+. The van der Waals surface area contributed by atoms with Crippen molar-refractivity contribution in [2.24, 2.45) is 0 Å². The summed E-state index contributed by atoms with van der Waals surface area (Å²) in [6.07, 6.45) is 53.2. The Morgan fingerprint density at radius 2 is 0.957 bits per heavy atom. The molecule has 0 aromatic carbocycles. The molecule has 0 aliphatic carbocycles. The van der Waals surface area contributed by atoms with Gasteiger partial charge in [-0.05, 0) is 70.6 Å². The summed E-state index contributed by atoms with van der Waals surface area (Å²) < 4.78 is 0. The van der Waals surface area contributed by atoms with Gasteiger partial charge in [-0.3, -0.25) is 4.79 Å². The summed E-state index contributed by atoms with van der Waals surface area (Å²) in [5, 5.41) is 22.9. The van der Waals surface area contributed by atoms with Crippen molar-refractivity contribution < 1.29 is 15.0 Å². The number of rotatable bonds is 35. The number of aliphatic hydroxyl groups is 2. The maximum absolute atomic E-state index is 12.3. The second kappa shape index (κ2) is 38.5. The fourth-order valence-electron chi connectivity index (χ4n) is 5.66. The Morgan fingerprint density at radius 3 is 1.47 bits per heavy atom. The van der Waals surface area contributed by atoms with Crippen LogP contribution in [0.25, 0.3) is 0 Å². The van der Waals surface area contributed by atoms with Crippen LogP contribution in [0.15, 0.2) is 60.8 Å². The lowest BCUT2D eigenvalue weighted by Crippen LogP contribution is -2.45. The van der Waals surface area contributed by atoms with Crippen molar-refractivity contribution in [1.82, 2.24) is 5.32 Å². The van der Waals surface area contributed by atoms with Crippen molar-refractivity contribution in [2.75, 3.05) is 6.61 Å². The number of aliphatic hydroxyl groups excluding tert-OH is 2. The van der Waals surface area contributed by atoms with Crippen LogP contribution in [-0.2, 0) is 4.79 Å². The number of hydrogen-bond donors (Lipinski definition) is 3. The Kier molecular flexibility index (Phi) is 37.0. The highest BCUT2D eigenvalue weighted by Gasteiger charge is 2.17. The molecule has 272 valence electrons. The van der Waals surface area contributed by atoms with Crippen LogP contribution >= 0.6 is 0 Å². The lowest BCUT2D eigenvalue weighted by Gasteiger charge is -2.19. The smallest absolute Gasteiger partial charge is 0.220 e. The highest BCUT2D eigenvalue weighted by molar-refractivity contribution is 5.76. The maximum atomic E-state index is 12.3. The molecule has 0 rings (SSSR count). The molecule has 0 aromatic heterocycles. The van der Waals surface area contributed by atoms with Crippen molar-refractivity contribution in [3.63, 3.8) is 0 Å². The van der Waals surface area contributed by atoms with Crippen LogP contribution in [0.2, 0.25) is 0 Å². The van der Waals surface area contributed by atoms with Crippen LogP contribution in [-0.4, -0.2) is 34.9 Å². The monoisotopic (exact) mass is 656 g/mol. The second-order valence-corrected chi connectivity index (χ2v) is 13.3. The summed E-state index contributed by atoms with van der Waals surface area (Å²) in [4.78, 5) is 12.3. The van der Waals surface area contributed by atoms with Gasteiger partial charge in [0.2, 0.25) is 5.91 Å². The lowest BCUT2D eigenvalue weighted by molar-refractivity contribution is -0.123. The van der Waals surface area contributed by atoms with E-state index in [9.17, 15) is 15.0 Å². The average Bonchev–Trinajstić information content (AvgIpc) is 3.07. The van der Waals surface area contributed by atoms with E-state index in [-0.39, 0.29) is 12.5 Å². The first-order valence-corrected chi connectivity index (χ1v) is 20.0. The predicted octanol–water partition coefficient (Wildman–Crippen LogP) is 12.2. The largest absolute Gasteiger partial charge is 0.394 e. The van der Waals surface area contributed by atoms with Gasteiger partial charge in [0.15, 0.2) is 0 Å². The molecule has 1 amide bonds. The summed E-state index contributed by atoms with van der Waals surface area (Å²) in [6, 6.07) is -0.645. The summed E-state index contributed by atoms with van der Waals surface area (Å²) in [7, 11) is 0. The Labute approximate surface area is 292 Å². The minimum atomic E-state index is -0.869. The number of carbonyl (C=O) groups is 1. The normalized spacial score (nSPS) is 13.7. The SMILES string of the molecule is CC/C=C\C/C=C\CCCCCCCCCCCCCCCCC(=O)NC(CO)C(O)/C=C/CC/C=C/CC/C=C/CCCCCC. The van der Waals surface area contributed by atoms with Gasteiger partial charge < -0.3 is 15.5 Å². The van der Waals surface area contributed by atoms with Crippen LogP contribution in [0.1, 0.15) is 187 Å². The van der Waals surface area contributed by atoms with Gasteiger partial charge in [0.05, 0.1) is 18.8 Å². The van der Waals surface area contributed by atoms with Gasteiger partial charge in [0, 0.05) is 6.42 Å². The van der Waals surface area contributed by atoms with E-state index in [0.29, 0.717) is 6.42 Å². The zero-order valence-electron chi connectivity index (χ0n) is 31.0. The van der Waals surface area contributed by atoms with Gasteiger partial charge in [0.1, 0.15) is 0 Å². The molecule has 0 aliphatic rings. The van der Waals surface area contributed by atoms with Crippen molar-refractivity contribution in [1.29, 1.82) is 0 Å². The van der Waals surface area contributed by atoms with Gasteiger partial charge in [0.25, 0.3) is 0 Å². The third-order valence-corrected chi connectivity index (χ3v) is 8.71. The number of unbranched alkanes of at least 4 members (excludes halogenated alkanes) is 20. The number of carbonyl (C=O) groups excluding carboxylic acids is 1. The lowest BCUT2D eigenvalue weighted by atomic mass is 10.0. The minimum absolute atomic E-state index is 0.0817. The van der Waals surface area contributed by atoms with Gasteiger partial charge in [-0.25, -0.2) is 0 Å². The maximum Gasteiger partial charge on any atom is 0.220 e. The van der Waals surface area contributed by atoms with Crippen molar-refractivity contribution in [3.8, 4) is 0 Å². The van der Waals surface area contributed by atoms with E-state index in [1.165, 1.54) is 116 Å². The zero-order valence-corrected chi connectivity index (χ0v) is 31.0. The van der Waals surface area contributed by atoms with Crippen molar-refractivity contribution >= 4 is 5.91 Å². The molecule has 0 bridgehead atoms. The molecular formula is C43H77NO3. The summed E-state index contributed by atoms with van der Waals surface area (Å²) >= 11 is 0. The molecule has 0 spiro atoms. The number of amides is 1. The topological polar surface area (TPSA) is 69.6 Å². The van der Waals surface area contributed by atoms with Gasteiger partial charge >= 0.3 is 0 Å². The van der Waals surface area contributed by atoms with E-state index >= 15 is 0 Å². The highest BCUT2D eigenvalue weighted by atomic mass is 16.3. The molecule has 0 aromatic rings. The fourth-order valence-corrected chi connectivity index (χ4v) is 5.66. The Morgan fingerprint density at radius 1 is 0.532 bits per heavy atom. The molecule has 0 aliphatic heterocycles. The first-order chi connectivity index (χ1) is 23.2. The summed E-state index contributed by atoms with van der Waals surface area (Å²) in [5.41, 5.74) is 0. The van der Waals surface area contributed by atoms with Gasteiger partial charge in [-0.2, -0.15) is 0 Å². The van der Waals surface area contributed by atoms with Gasteiger partial charge in [-0.1, -0.05) is 171 Å². The Hall–Kier alpha value is -1.91. The molecule has 47 heavy (non-hydrogen) atoms. The molecule has 4 heteroatoms. The van der Waals surface area contributed by atoms with Crippen molar-refractivity contribution in [2.45, 2.75) is 199 Å². The predicted molar refractivity (Wildman–Crippen MR) is 207 cm³/mol. The van der Waals surface area contributed by atoms with Crippen molar-refractivity contribution in [3.05, 3.63) is 60.8 Å². The van der Waals surface area contributed by atoms with Gasteiger partial charge in [-0.15, -0.1) is 0 Å². The van der Waals surface area contributed by atoms with Crippen LogP contribution in [0.5, 0.6) is 0 Å². The first-order valence-electron chi connectivity index (χ1n) is 20.0. The van der Waals surface area contributed by atoms with Crippen LogP contribution in [0.4, 0.5) is 0 Å². The van der Waals surface area contributed by atoms with E-state index in [1.54, 1.807) is 6.08 Å². The van der Waals surface area contributed by atoms with Crippen LogP contribution in [0, 0.1) is 0 Å². The molecule has 0 fully saturated rings. The Balaban J connectivity index is 3.62. The third kappa shape index (κ3) is 35.2. The van der Waals surface area contributed by atoms with Crippen LogP contribution < -0.4 is 5.32 Å². The molecule has 0 saturated carbocycles. The molecule has 2 unspecified atom stereocenters. The van der Waals surface area contributed by atoms with E-state index in [2.05, 4.69) is 67.8 Å². The molecule has 0 radical (unpaired) electrons. The first kappa shape index (κ1) is 45.1. The molecular weight excluding hydrogens is 578 g/mol. The third-order valence-electron chi connectivity index (χ3n) is 8.71. The minimum Gasteiger partial charge on any atom is -0.394 e. The zero-order chi connectivity index (χ0) is 34.3. The molecule has 3 N–H and O–H groups in total. The summed E-state index contributed by atoms with van der Waals surface area (Å²) in [5.74, 6) is -0.0817. The fraction of sp³-hybridized carbons (Fsp3) is 0.744. The van der Waals surface area contributed by atoms with E-state index in [0.717, 1.165) is 51.4 Å². The number of allylic oxidation sites excluding steroid dienone is 9. The number of nitrogens with one attached hydrogen (secondary N) is 1. The highest BCUT2D eigenvalue weighted by Crippen LogP contribution is 2.14. The number of hydrogen-bond acceptors (Lipinski definition) is 3. The Bertz CT molecular complexity index is 797. The molecule has 0 heterocycles. The average molecular weight is 656 g/mol. The van der Waals surface area contributed by atoms with Crippen LogP contribution in [0.3, 0.4) is 0 Å². The molecule has 2 atom stereocenters. The molecule has 4 nitrogen and oxygen atoms in total. The second-order valence-electron chi connectivity index (χ2n) is 13.3. The van der Waals surface area contributed by atoms with E-state index in [1.807, 2.05) is 6.08 Å².